The van der Waals surface area contributed by atoms with E-state index in [1.54, 1.807) is 24.0 Å². The smallest absolute Gasteiger partial charge is 0.409 e. The number of carbonyl (C=O) groups excluding carboxylic acids is 1. The fourth-order valence-electron chi connectivity index (χ4n) is 3.16. The number of hydrogen-bond donors (Lipinski definition) is 0. The number of carbonyl (C=O) groups is 1. The topological polar surface area (TPSA) is 38.8 Å². The predicted octanol–water partition coefficient (Wildman–Crippen LogP) is 4.22. The van der Waals surface area contributed by atoms with E-state index in [0.29, 0.717) is 31.9 Å². The quantitative estimate of drug-likeness (QED) is 0.834. The third-order valence-electron chi connectivity index (χ3n) is 4.40. The van der Waals surface area contributed by atoms with Crippen molar-refractivity contribution in [1.29, 1.82) is 0 Å². The first-order valence-electron chi connectivity index (χ1n) is 8.56. The summed E-state index contributed by atoms with van der Waals surface area (Å²) >= 11 is 0. The zero-order valence-corrected chi connectivity index (χ0v) is 14.2. The molecule has 0 radical (unpaired) electrons. The van der Waals surface area contributed by atoms with Gasteiger partial charge in [0, 0.05) is 25.4 Å². The molecular formula is C20H22FNO3. The molecular weight excluding hydrogens is 321 g/mol. The Balaban J connectivity index is 1.79. The Morgan fingerprint density at radius 1 is 1.16 bits per heavy atom. The molecule has 0 aliphatic carbocycles. The van der Waals surface area contributed by atoms with Gasteiger partial charge in [-0.2, -0.15) is 0 Å². The molecule has 2 aromatic rings. The molecule has 2 aromatic carbocycles. The summed E-state index contributed by atoms with van der Waals surface area (Å²) in [4.78, 5) is 13.8. The highest BCUT2D eigenvalue weighted by Gasteiger charge is 2.34. The molecule has 1 aliphatic heterocycles. The number of rotatable bonds is 4. The highest BCUT2D eigenvalue weighted by molar-refractivity contribution is 5.67. The van der Waals surface area contributed by atoms with Crippen molar-refractivity contribution in [2.45, 2.75) is 25.4 Å². The van der Waals surface area contributed by atoms with Gasteiger partial charge in [-0.15, -0.1) is 0 Å². The van der Waals surface area contributed by atoms with Crippen molar-refractivity contribution in [2.24, 2.45) is 0 Å². The average molecular weight is 343 g/mol. The van der Waals surface area contributed by atoms with E-state index in [1.165, 1.54) is 12.1 Å². The minimum Gasteiger partial charge on any atom is -0.490 e. The van der Waals surface area contributed by atoms with Crippen LogP contribution in [0.25, 0.3) is 0 Å². The maximum absolute atomic E-state index is 13.1. The van der Waals surface area contributed by atoms with E-state index in [9.17, 15) is 9.18 Å². The lowest BCUT2D eigenvalue weighted by Gasteiger charge is -2.38. The molecule has 1 amide bonds. The van der Waals surface area contributed by atoms with Crippen LogP contribution in [0.2, 0.25) is 0 Å². The number of nitrogens with zero attached hydrogens (tertiary/aromatic N) is 1. The molecule has 1 heterocycles. The van der Waals surface area contributed by atoms with Crippen molar-refractivity contribution >= 4 is 6.09 Å². The molecule has 2 atom stereocenters. The number of ether oxygens (including phenoxy) is 2. The minimum atomic E-state index is -0.288. The molecule has 1 aliphatic rings. The molecule has 132 valence electrons. The van der Waals surface area contributed by atoms with Crippen LogP contribution in [0.3, 0.4) is 0 Å². The zero-order chi connectivity index (χ0) is 17.6. The van der Waals surface area contributed by atoms with Crippen LogP contribution in [0.5, 0.6) is 5.75 Å². The van der Waals surface area contributed by atoms with Gasteiger partial charge < -0.3 is 14.4 Å². The first kappa shape index (κ1) is 17.3. The van der Waals surface area contributed by atoms with Gasteiger partial charge in [-0.05, 0) is 36.8 Å². The van der Waals surface area contributed by atoms with Crippen LogP contribution in [-0.2, 0) is 4.74 Å². The molecule has 25 heavy (non-hydrogen) atoms. The van der Waals surface area contributed by atoms with E-state index in [0.717, 1.165) is 5.56 Å². The Kier molecular flexibility index (Phi) is 5.53. The number of benzene rings is 2. The Labute approximate surface area is 147 Å². The fourth-order valence-corrected chi connectivity index (χ4v) is 3.16. The standard InChI is InChI=1S/C20H22FNO3/c1-2-24-20(23)22-13-12-19(25-17-10-8-16(21)9-11-17)18(14-22)15-6-4-3-5-7-15/h3-11,18-19H,2,12-14H2,1H3/t18-,19-/m1/s1. The van der Waals surface area contributed by atoms with Crippen LogP contribution < -0.4 is 4.74 Å². The molecule has 5 heteroatoms. The maximum Gasteiger partial charge on any atom is 0.409 e. The molecule has 0 spiro atoms. The lowest BCUT2D eigenvalue weighted by Crippen LogP contribution is -2.47. The van der Waals surface area contributed by atoms with Gasteiger partial charge in [0.15, 0.2) is 0 Å². The van der Waals surface area contributed by atoms with Crippen molar-refractivity contribution in [2.75, 3.05) is 19.7 Å². The van der Waals surface area contributed by atoms with Crippen molar-refractivity contribution in [1.82, 2.24) is 4.90 Å². The van der Waals surface area contributed by atoms with Gasteiger partial charge in [0.05, 0.1) is 6.61 Å². The van der Waals surface area contributed by atoms with E-state index >= 15 is 0 Å². The Morgan fingerprint density at radius 2 is 1.88 bits per heavy atom. The second-order valence-electron chi connectivity index (χ2n) is 6.06. The number of likely N-dealkylation sites (tertiary alicyclic amines) is 1. The summed E-state index contributed by atoms with van der Waals surface area (Å²) in [6.45, 7) is 3.28. The van der Waals surface area contributed by atoms with Crippen molar-refractivity contribution in [3.05, 3.63) is 66.0 Å². The zero-order valence-electron chi connectivity index (χ0n) is 14.2. The molecule has 4 nitrogen and oxygen atoms in total. The fraction of sp³-hybridized carbons (Fsp3) is 0.350. The minimum absolute atomic E-state index is 0.0319. The first-order chi connectivity index (χ1) is 12.2. The van der Waals surface area contributed by atoms with Gasteiger partial charge in [0.1, 0.15) is 17.7 Å². The SMILES string of the molecule is CCOC(=O)N1CC[C@@H](Oc2ccc(F)cc2)[C@@H](c2ccccc2)C1. The van der Waals surface area contributed by atoms with Crippen LogP contribution in [-0.4, -0.2) is 36.8 Å². The monoisotopic (exact) mass is 343 g/mol. The number of halogens is 1. The van der Waals surface area contributed by atoms with Gasteiger partial charge in [-0.3, -0.25) is 0 Å². The molecule has 0 unspecified atom stereocenters. The van der Waals surface area contributed by atoms with Gasteiger partial charge in [-0.1, -0.05) is 30.3 Å². The van der Waals surface area contributed by atoms with E-state index < -0.39 is 0 Å². The molecule has 1 saturated heterocycles. The summed E-state index contributed by atoms with van der Waals surface area (Å²) < 4.78 is 24.4. The second-order valence-corrected chi connectivity index (χ2v) is 6.06. The van der Waals surface area contributed by atoms with Crippen LogP contribution >= 0.6 is 0 Å². The van der Waals surface area contributed by atoms with Gasteiger partial charge in [0.25, 0.3) is 0 Å². The van der Waals surface area contributed by atoms with Gasteiger partial charge >= 0.3 is 6.09 Å². The maximum atomic E-state index is 13.1. The predicted molar refractivity (Wildman–Crippen MR) is 93.2 cm³/mol. The normalized spacial score (nSPS) is 20.2. The van der Waals surface area contributed by atoms with Crippen LogP contribution in [0.4, 0.5) is 9.18 Å². The van der Waals surface area contributed by atoms with E-state index in [1.807, 2.05) is 30.3 Å². The molecule has 0 bridgehead atoms. The lowest BCUT2D eigenvalue weighted by molar-refractivity contribution is 0.0573. The van der Waals surface area contributed by atoms with E-state index in [-0.39, 0.29) is 23.9 Å². The summed E-state index contributed by atoms with van der Waals surface area (Å²) in [5.74, 6) is 0.380. The Hall–Kier alpha value is -2.56. The Bertz CT molecular complexity index is 690. The molecule has 0 N–H and O–H groups in total. The average Bonchev–Trinajstić information content (AvgIpc) is 2.65. The molecule has 0 aromatic heterocycles. The summed E-state index contributed by atoms with van der Waals surface area (Å²) in [6, 6.07) is 16.1. The first-order valence-corrected chi connectivity index (χ1v) is 8.56. The number of piperidine rings is 1. The summed E-state index contributed by atoms with van der Waals surface area (Å²) in [7, 11) is 0. The number of hydrogen-bond acceptors (Lipinski definition) is 3. The van der Waals surface area contributed by atoms with Crippen LogP contribution in [0.15, 0.2) is 54.6 Å². The second kappa shape index (κ2) is 8.01. The summed E-state index contributed by atoms with van der Waals surface area (Å²) in [6.07, 6.45) is 0.317. The van der Waals surface area contributed by atoms with Crippen molar-refractivity contribution in [3.63, 3.8) is 0 Å². The molecule has 3 rings (SSSR count). The van der Waals surface area contributed by atoms with E-state index in [2.05, 4.69) is 0 Å². The lowest BCUT2D eigenvalue weighted by atomic mass is 9.88. The van der Waals surface area contributed by atoms with Gasteiger partial charge in [0.2, 0.25) is 0 Å². The van der Waals surface area contributed by atoms with Crippen molar-refractivity contribution in [3.8, 4) is 5.75 Å². The third-order valence-corrected chi connectivity index (χ3v) is 4.40. The van der Waals surface area contributed by atoms with Gasteiger partial charge in [-0.25, -0.2) is 9.18 Å². The van der Waals surface area contributed by atoms with Crippen LogP contribution in [0, 0.1) is 5.82 Å². The summed E-state index contributed by atoms with van der Waals surface area (Å²) in [5, 5.41) is 0. The summed E-state index contributed by atoms with van der Waals surface area (Å²) in [5.41, 5.74) is 1.11. The number of amides is 1. The third kappa shape index (κ3) is 4.29. The van der Waals surface area contributed by atoms with Crippen molar-refractivity contribution < 1.29 is 18.7 Å². The largest absolute Gasteiger partial charge is 0.490 e. The Morgan fingerprint density at radius 3 is 2.56 bits per heavy atom. The highest BCUT2D eigenvalue weighted by Crippen LogP contribution is 2.31. The van der Waals surface area contributed by atoms with Crippen LogP contribution in [0.1, 0.15) is 24.8 Å². The highest BCUT2D eigenvalue weighted by atomic mass is 19.1. The molecule has 1 fully saturated rings. The van der Waals surface area contributed by atoms with E-state index in [4.69, 9.17) is 9.47 Å². The molecule has 0 saturated carbocycles.